The van der Waals surface area contributed by atoms with Gasteiger partial charge in [-0.3, -0.25) is 0 Å². The summed E-state index contributed by atoms with van der Waals surface area (Å²) in [7, 11) is 0. The third-order valence-corrected chi connectivity index (χ3v) is 2.02. The number of hydrogen-bond donors (Lipinski definition) is 3. The van der Waals surface area contributed by atoms with Crippen molar-refractivity contribution in [3.8, 4) is 0 Å². The van der Waals surface area contributed by atoms with E-state index in [9.17, 15) is 0 Å². The van der Waals surface area contributed by atoms with Gasteiger partial charge in [0, 0.05) is 0 Å². The van der Waals surface area contributed by atoms with Crippen LogP contribution in [0, 0.1) is 5.92 Å². The monoisotopic (exact) mass is 173 g/mol. The summed E-state index contributed by atoms with van der Waals surface area (Å²) in [5, 5.41) is 14.2. The van der Waals surface area contributed by atoms with Crippen LogP contribution < -0.4 is 11.1 Å². The summed E-state index contributed by atoms with van der Waals surface area (Å²) in [5.41, 5.74) is 5.28. The molecule has 4 N–H and O–H groups in total. The average Bonchev–Trinajstić information content (AvgIpc) is 2.12. The van der Waals surface area contributed by atoms with Gasteiger partial charge in [-0.25, -0.2) is 0 Å². The fourth-order valence-corrected chi connectivity index (χ4v) is 1.02. The van der Waals surface area contributed by atoms with Gasteiger partial charge in [-0.05, 0) is 12.5 Å². The van der Waals surface area contributed by atoms with E-state index >= 15 is 0 Å². The number of rotatable bonds is 6. The maximum atomic E-state index is 8.24. The van der Waals surface area contributed by atoms with Crippen molar-refractivity contribution < 1.29 is 5.21 Å². The first kappa shape index (κ1) is 11.2. The van der Waals surface area contributed by atoms with Gasteiger partial charge in [0.05, 0.1) is 6.54 Å². The quantitative estimate of drug-likeness (QED) is 0.240. The van der Waals surface area contributed by atoms with E-state index in [1.165, 1.54) is 12.8 Å². The Hall–Kier alpha value is -0.770. The molecule has 0 amide bonds. The summed E-state index contributed by atoms with van der Waals surface area (Å²) in [6.45, 7) is 5.73. The number of nitrogens with zero attached hydrogens (tertiary/aromatic N) is 1. The van der Waals surface area contributed by atoms with E-state index in [4.69, 9.17) is 10.9 Å². The second kappa shape index (κ2) is 6.91. The molecule has 0 saturated heterocycles. The highest BCUT2D eigenvalue weighted by Gasteiger charge is 2.02. The molecule has 12 heavy (non-hydrogen) atoms. The molecule has 0 radical (unpaired) electrons. The van der Waals surface area contributed by atoms with Crippen LogP contribution in [0.15, 0.2) is 5.16 Å². The topological polar surface area (TPSA) is 70.6 Å². The van der Waals surface area contributed by atoms with Crippen LogP contribution in [0.2, 0.25) is 0 Å². The van der Waals surface area contributed by atoms with Gasteiger partial charge in [0.25, 0.3) is 0 Å². The molecule has 0 atom stereocenters. The van der Waals surface area contributed by atoms with Gasteiger partial charge in [0.1, 0.15) is 0 Å². The molecule has 72 valence electrons. The van der Waals surface area contributed by atoms with E-state index in [1.807, 2.05) is 0 Å². The van der Waals surface area contributed by atoms with Crippen molar-refractivity contribution in [3.05, 3.63) is 0 Å². The molecule has 0 heterocycles. The third kappa shape index (κ3) is 4.96. The zero-order chi connectivity index (χ0) is 9.40. The summed E-state index contributed by atoms with van der Waals surface area (Å²) in [6, 6.07) is 0. The van der Waals surface area contributed by atoms with Crippen molar-refractivity contribution in [2.24, 2.45) is 16.8 Å². The SMILES string of the molecule is CCC(CC)CNCC(N)=NO. The maximum absolute atomic E-state index is 8.24. The van der Waals surface area contributed by atoms with E-state index in [0.717, 1.165) is 6.54 Å². The molecule has 0 bridgehead atoms. The second-order valence-electron chi connectivity index (χ2n) is 2.90. The standard InChI is InChI=1S/C8H19N3O/c1-3-7(4-2)5-10-6-8(9)11-12/h7,10,12H,3-6H2,1-2H3,(H2,9,11). The third-order valence-electron chi connectivity index (χ3n) is 2.02. The normalized spacial score (nSPS) is 12.4. The lowest BCUT2D eigenvalue weighted by Gasteiger charge is -2.12. The van der Waals surface area contributed by atoms with Crippen LogP contribution in [0.3, 0.4) is 0 Å². The summed E-state index contributed by atoms with van der Waals surface area (Å²) in [4.78, 5) is 0. The van der Waals surface area contributed by atoms with Crippen molar-refractivity contribution in [3.63, 3.8) is 0 Å². The highest BCUT2D eigenvalue weighted by Crippen LogP contribution is 2.04. The molecule has 0 aromatic carbocycles. The van der Waals surface area contributed by atoms with Gasteiger partial charge in [-0.15, -0.1) is 0 Å². The zero-order valence-corrected chi connectivity index (χ0v) is 7.88. The minimum absolute atomic E-state index is 0.237. The lowest BCUT2D eigenvalue weighted by molar-refractivity contribution is 0.316. The Morgan fingerprint density at radius 2 is 2.08 bits per heavy atom. The van der Waals surface area contributed by atoms with E-state index in [2.05, 4.69) is 24.3 Å². The molecule has 0 fully saturated rings. The van der Waals surface area contributed by atoms with Gasteiger partial charge in [-0.2, -0.15) is 0 Å². The Bertz CT molecular complexity index is 132. The van der Waals surface area contributed by atoms with Crippen molar-refractivity contribution >= 4 is 5.84 Å². The largest absolute Gasteiger partial charge is 0.409 e. The van der Waals surface area contributed by atoms with E-state index in [1.54, 1.807) is 0 Å². The van der Waals surface area contributed by atoms with Crippen LogP contribution in [0.5, 0.6) is 0 Å². The number of oxime groups is 1. The van der Waals surface area contributed by atoms with E-state index in [0.29, 0.717) is 12.5 Å². The van der Waals surface area contributed by atoms with Gasteiger partial charge in [0.2, 0.25) is 0 Å². The van der Waals surface area contributed by atoms with Crippen LogP contribution in [-0.2, 0) is 0 Å². The van der Waals surface area contributed by atoms with Crippen LogP contribution in [0.4, 0.5) is 0 Å². The first-order chi connectivity index (χ1) is 5.74. The predicted molar refractivity (Wildman–Crippen MR) is 50.4 cm³/mol. The van der Waals surface area contributed by atoms with Crippen LogP contribution >= 0.6 is 0 Å². The predicted octanol–water partition coefficient (Wildman–Crippen LogP) is 0.759. The molecular weight excluding hydrogens is 154 g/mol. The Kier molecular flexibility index (Phi) is 6.47. The summed E-state index contributed by atoms with van der Waals surface area (Å²) < 4.78 is 0. The Labute approximate surface area is 73.8 Å². The van der Waals surface area contributed by atoms with Crippen LogP contribution in [0.1, 0.15) is 26.7 Å². The van der Waals surface area contributed by atoms with E-state index in [-0.39, 0.29) is 5.84 Å². The molecule has 0 spiro atoms. The van der Waals surface area contributed by atoms with Crippen molar-refractivity contribution in [2.75, 3.05) is 13.1 Å². The summed E-state index contributed by atoms with van der Waals surface area (Å²) in [5.74, 6) is 0.928. The maximum Gasteiger partial charge on any atom is 0.153 e. The van der Waals surface area contributed by atoms with Gasteiger partial charge >= 0.3 is 0 Å². The first-order valence-corrected chi connectivity index (χ1v) is 4.41. The fourth-order valence-electron chi connectivity index (χ4n) is 1.02. The molecule has 0 unspecified atom stereocenters. The lowest BCUT2D eigenvalue weighted by atomic mass is 10.0. The highest BCUT2D eigenvalue weighted by molar-refractivity contribution is 5.81. The Balaban J connectivity index is 3.41. The molecular formula is C8H19N3O. The molecule has 4 nitrogen and oxygen atoms in total. The zero-order valence-electron chi connectivity index (χ0n) is 7.88. The minimum Gasteiger partial charge on any atom is -0.409 e. The molecule has 0 aliphatic heterocycles. The number of hydrogen-bond acceptors (Lipinski definition) is 3. The average molecular weight is 173 g/mol. The molecule has 0 aromatic rings. The number of amidine groups is 1. The Morgan fingerprint density at radius 3 is 2.50 bits per heavy atom. The summed E-state index contributed by atoms with van der Waals surface area (Å²) >= 11 is 0. The number of nitrogens with one attached hydrogen (secondary N) is 1. The first-order valence-electron chi connectivity index (χ1n) is 4.41. The van der Waals surface area contributed by atoms with Crippen molar-refractivity contribution in [1.29, 1.82) is 0 Å². The second-order valence-corrected chi connectivity index (χ2v) is 2.90. The smallest absolute Gasteiger partial charge is 0.153 e. The van der Waals surface area contributed by atoms with Crippen LogP contribution in [0.25, 0.3) is 0 Å². The molecule has 0 aliphatic rings. The molecule has 0 aromatic heterocycles. The van der Waals surface area contributed by atoms with Crippen molar-refractivity contribution in [2.45, 2.75) is 26.7 Å². The van der Waals surface area contributed by atoms with Gasteiger partial charge in [-0.1, -0.05) is 31.8 Å². The Morgan fingerprint density at radius 1 is 1.50 bits per heavy atom. The van der Waals surface area contributed by atoms with E-state index < -0.39 is 0 Å². The lowest BCUT2D eigenvalue weighted by Crippen LogP contribution is -2.32. The minimum atomic E-state index is 0.237. The van der Waals surface area contributed by atoms with Gasteiger partial charge in [0.15, 0.2) is 5.84 Å². The molecule has 4 heteroatoms. The molecule has 0 rings (SSSR count). The highest BCUT2D eigenvalue weighted by atomic mass is 16.4. The van der Waals surface area contributed by atoms with Crippen LogP contribution in [-0.4, -0.2) is 24.1 Å². The fraction of sp³-hybridized carbons (Fsp3) is 0.875. The molecule has 0 saturated carbocycles. The summed E-state index contributed by atoms with van der Waals surface area (Å²) in [6.07, 6.45) is 2.33. The molecule has 0 aliphatic carbocycles. The van der Waals surface area contributed by atoms with Gasteiger partial charge < -0.3 is 16.3 Å². The number of nitrogens with two attached hydrogens (primary N) is 1. The van der Waals surface area contributed by atoms with Crippen molar-refractivity contribution in [1.82, 2.24) is 5.32 Å².